The topological polar surface area (TPSA) is 173 Å². The highest BCUT2D eigenvalue weighted by Gasteiger charge is 2.51. The first-order chi connectivity index (χ1) is 19.2. The Labute approximate surface area is 237 Å². The molecule has 2 aromatic carbocycles. The van der Waals surface area contributed by atoms with Crippen molar-refractivity contribution in [2.24, 2.45) is 22.2 Å². The Morgan fingerprint density at radius 1 is 1.15 bits per heavy atom. The molecule has 2 aliphatic heterocycles. The average Bonchev–Trinajstić information content (AvgIpc) is 3.57. The van der Waals surface area contributed by atoms with Crippen LogP contribution in [0.3, 0.4) is 0 Å². The number of hydrogen-bond donors (Lipinski definition) is 5. The molecular formula is C29H37N7O3S. The number of hydrogen-bond acceptors (Lipinski definition) is 7. The molecule has 10 nitrogen and oxygen atoms in total. The molecule has 40 heavy (non-hydrogen) atoms. The van der Waals surface area contributed by atoms with Crippen LogP contribution in [0.25, 0.3) is 10.2 Å². The van der Waals surface area contributed by atoms with E-state index in [1.54, 1.807) is 4.90 Å². The van der Waals surface area contributed by atoms with Gasteiger partial charge in [-0.2, -0.15) is 0 Å². The first-order valence-corrected chi connectivity index (χ1v) is 14.6. The molecule has 0 spiro atoms. The van der Waals surface area contributed by atoms with E-state index in [-0.39, 0.29) is 23.8 Å². The van der Waals surface area contributed by atoms with Gasteiger partial charge in [0.25, 0.3) is 0 Å². The molecule has 2 amide bonds. The summed E-state index contributed by atoms with van der Waals surface area (Å²) >= 11 is 1.40. The van der Waals surface area contributed by atoms with Crippen LogP contribution in [-0.2, 0) is 16.0 Å². The van der Waals surface area contributed by atoms with E-state index in [4.69, 9.17) is 17.2 Å². The second-order valence-electron chi connectivity index (χ2n) is 10.8. The van der Waals surface area contributed by atoms with Crippen molar-refractivity contribution in [3.8, 4) is 0 Å². The minimum Gasteiger partial charge on any atom is -0.384 e. The number of aliphatic hydroxyl groups is 1. The Bertz CT molecular complexity index is 1340. The number of aromatic nitrogens is 1. The fourth-order valence-corrected chi connectivity index (χ4v) is 6.96. The number of benzene rings is 2. The highest BCUT2D eigenvalue weighted by atomic mass is 32.1. The lowest BCUT2D eigenvalue weighted by atomic mass is 9.81. The lowest BCUT2D eigenvalue weighted by molar-refractivity contribution is -0.148. The van der Waals surface area contributed by atoms with Crippen LogP contribution >= 0.6 is 11.3 Å². The molecule has 3 heterocycles. The van der Waals surface area contributed by atoms with Crippen molar-refractivity contribution >= 4 is 39.3 Å². The van der Waals surface area contributed by atoms with Gasteiger partial charge in [-0.15, -0.1) is 11.3 Å². The number of nitrogens with zero attached hydrogens (tertiary/aromatic N) is 3. The summed E-state index contributed by atoms with van der Waals surface area (Å²) in [5, 5.41) is 14.9. The third-order valence-electron chi connectivity index (χ3n) is 7.99. The molecule has 0 aliphatic carbocycles. The number of aliphatic imine (C=N–C) groups is 1. The molecule has 2 fully saturated rings. The van der Waals surface area contributed by atoms with Crippen molar-refractivity contribution < 1.29 is 14.7 Å². The molecule has 1 aromatic heterocycles. The summed E-state index contributed by atoms with van der Waals surface area (Å²) in [6.07, 6.45) is 3.02. The molecule has 0 bridgehead atoms. The molecular weight excluding hydrogens is 526 g/mol. The van der Waals surface area contributed by atoms with Crippen LogP contribution in [0.4, 0.5) is 0 Å². The van der Waals surface area contributed by atoms with Gasteiger partial charge in [0.15, 0.2) is 5.96 Å². The van der Waals surface area contributed by atoms with E-state index in [2.05, 4.69) is 15.3 Å². The largest absolute Gasteiger partial charge is 0.384 e. The first-order valence-electron chi connectivity index (χ1n) is 13.8. The highest BCUT2D eigenvalue weighted by Crippen LogP contribution is 2.37. The first kappa shape index (κ1) is 28.0. The normalized spacial score (nSPS) is 23.9. The number of nitrogens with two attached hydrogens (primary N) is 3. The molecule has 11 heteroatoms. The number of rotatable bonds is 10. The van der Waals surface area contributed by atoms with Crippen LogP contribution < -0.4 is 22.5 Å². The SMILES string of the molecule is NC(N)=NCCC[C@H](NC(=O)[C@@H]1CC[C@@H]2CC[C@](N)(Cc3ccccc3)C(=O)N21)C(O)c1nc2ccccc2s1. The summed E-state index contributed by atoms with van der Waals surface area (Å²) in [6, 6.07) is 16.1. The second-order valence-corrected chi connectivity index (χ2v) is 11.9. The van der Waals surface area contributed by atoms with Gasteiger partial charge in [-0.1, -0.05) is 42.5 Å². The molecule has 5 rings (SSSR count). The molecule has 8 N–H and O–H groups in total. The lowest BCUT2D eigenvalue weighted by Crippen LogP contribution is -2.65. The van der Waals surface area contributed by atoms with Crippen LogP contribution in [0, 0.1) is 0 Å². The zero-order chi connectivity index (χ0) is 28.3. The third-order valence-corrected chi connectivity index (χ3v) is 9.10. The maximum Gasteiger partial charge on any atom is 0.243 e. The van der Waals surface area contributed by atoms with E-state index >= 15 is 0 Å². The zero-order valence-corrected chi connectivity index (χ0v) is 23.2. The van der Waals surface area contributed by atoms with E-state index in [1.165, 1.54) is 11.3 Å². The van der Waals surface area contributed by atoms with Crippen LogP contribution in [0.15, 0.2) is 59.6 Å². The Balaban J connectivity index is 1.33. The predicted octanol–water partition coefficient (Wildman–Crippen LogP) is 1.96. The molecule has 2 saturated heterocycles. The summed E-state index contributed by atoms with van der Waals surface area (Å²) in [4.78, 5) is 37.9. The van der Waals surface area contributed by atoms with Gasteiger partial charge in [-0.25, -0.2) is 4.98 Å². The van der Waals surface area contributed by atoms with E-state index in [9.17, 15) is 14.7 Å². The van der Waals surface area contributed by atoms with E-state index in [1.807, 2.05) is 54.6 Å². The van der Waals surface area contributed by atoms with Crippen LogP contribution in [0.5, 0.6) is 0 Å². The number of piperidine rings is 1. The van der Waals surface area contributed by atoms with Crippen LogP contribution in [0.2, 0.25) is 0 Å². The fraction of sp³-hybridized carbons (Fsp3) is 0.448. The molecule has 0 radical (unpaired) electrons. The number of nitrogens with one attached hydrogen (secondary N) is 1. The van der Waals surface area contributed by atoms with Crippen molar-refractivity contribution in [2.75, 3.05) is 6.54 Å². The van der Waals surface area contributed by atoms with Gasteiger partial charge in [0.2, 0.25) is 11.8 Å². The summed E-state index contributed by atoms with van der Waals surface area (Å²) in [6.45, 7) is 0.368. The Kier molecular flexibility index (Phi) is 8.34. The van der Waals surface area contributed by atoms with Crippen molar-refractivity contribution in [3.05, 3.63) is 65.2 Å². The molecule has 1 unspecified atom stereocenters. The number of amides is 2. The maximum atomic E-state index is 13.8. The lowest BCUT2D eigenvalue weighted by Gasteiger charge is -2.43. The van der Waals surface area contributed by atoms with Crippen molar-refractivity contribution in [1.82, 2.24) is 15.2 Å². The number of carbonyl (C=O) groups is 2. The van der Waals surface area contributed by atoms with Gasteiger partial charge < -0.3 is 32.5 Å². The smallest absolute Gasteiger partial charge is 0.243 e. The number of carbonyl (C=O) groups excluding carboxylic acids is 2. The van der Waals surface area contributed by atoms with Gasteiger partial charge in [-0.3, -0.25) is 14.6 Å². The molecule has 0 saturated carbocycles. The van der Waals surface area contributed by atoms with Gasteiger partial charge in [-0.05, 0) is 62.6 Å². The Hall–Kier alpha value is -3.54. The molecule has 3 aromatic rings. The van der Waals surface area contributed by atoms with Gasteiger partial charge in [0.05, 0.1) is 21.8 Å². The number of thiazole rings is 1. The van der Waals surface area contributed by atoms with Crippen LogP contribution in [0.1, 0.15) is 55.2 Å². The van der Waals surface area contributed by atoms with Crippen molar-refractivity contribution in [2.45, 2.75) is 74.7 Å². The van der Waals surface area contributed by atoms with Crippen molar-refractivity contribution in [3.63, 3.8) is 0 Å². The molecule has 212 valence electrons. The Morgan fingerprint density at radius 2 is 1.90 bits per heavy atom. The monoisotopic (exact) mass is 563 g/mol. The standard InChI is InChI=1S/C29H37N7O3S/c30-28(31)33-16-6-10-21(24(37)26-35-20-9-4-5-11-23(20)40-26)34-25(38)22-13-12-19-14-15-29(32,27(39)36(19)22)17-18-7-2-1-3-8-18/h1-5,7-9,11,19,21-22,24,37H,6,10,12-17,32H2,(H,34,38)(H4,30,31,33)/t19-,21+,22+,24?,29+/m1/s1. The van der Waals surface area contributed by atoms with E-state index in [0.29, 0.717) is 43.7 Å². The molecule has 2 aliphatic rings. The van der Waals surface area contributed by atoms with Gasteiger partial charge >= 0.3 is 0 Å². The van der Waals surface area contributed by atoms with Gasteiger partial charge in [0.1, 0.15) is 17.2 Å². The summed E-state index contributed by atoms with van der Waals surface area (Å²) in [7, 11) is 0. The fourth-order valence-electron chi connectivity index (χ4n) is 5.94. The Morgan fingerprint density at radius 3 is 2.65 bits per heavy atom. The number of guanidine groups is 1. The zero-order valence-electron chi connectivity index (χ0n) is 22.4. The summed E-state index contributed by atoms with van der Waals surface area (Å²) in [5.74, 6) is -0.471. The summed E-state index contributed by atoms with van der Waals surface area (Å²) < 4.78 is 0.956. The number of para-hydroxylation sites is 1. The average molecular weight is 564 g/mol. The number of aliphatic hydroxyl groups excluding tert-OH is 1. The number of fused-ring (bicyclic) bond motifs is 2. The highest BCUT2D eigenvalue weighted by molar-refractivity contribution is 7.18. The van der Waals surface area contributed by atoms with E-state index < -0.39 is 23.7 Å². The van der Waals surface area contributed by atoms with E-state index in [0.717, 1.165) is 28.6 Å². The third kappa shape index (κ3) is 5.96. The summed E-state index contributed by atoms with van der Waals surface area (Å²) in [5.41, 5.74) is 18.4. The maximum absolute atomic E-state index is 13.8. The molecule has 5 atom stereocenters. The minimum atomic E-state index is -1.05. The predicted molar refractivity (Wildman–Crippen MR) is 156 cm³/mol. The quantitative estimate of drug-likeness (QED) is 0.142. The minimum absolute atomic E-state index is 0.00585. The second kappa shape index (κ2) is 11.9. The van der Waals surface area contributed by atoms with Gasteiger partial charge in [0, 0.05) is 12.6 Å². The van der Waals surface area contributed by atoms with Crippen molar-refractivity contribution in [1.29, 1.82) is 0 Å². The van der Waals surface area contributed by atoms with Crippen LogP contribution in [-0.4, -0.2) is 63.0 Å².